The van der Waals surface area contributed by atoms with Crippen molar-refractivity contribution in [2.45, 2.75) is 13.8 Å². The summed E-state index contributed by atoms with van der Waals surface area (Å²) < 4.78 is 0. The molecule has 0 atom stereocenters. The number of nitrogens with one attached hydrogen (secondary N) is 2. The molecular weight excluding hydrogens is 274 g/mol. The molecule has 2 aromatic carbocycles. The zero-order valence-corrected chi connectivity index (χ0v) is 12.6. The highest BCUT2D eigenvalue weighted by atomic mass is 16.1. The summed E-state index contributed by atoms with van der Waals surface area (Å²) in [4.78, 5) is 12.2. The van der Waals surface area contributed by atoms with Gasteiger partial charge in [-0.05, 0) is 31.5 Å². The Bertz CT molecular complexity index is 786. The highest BCUT2D eigenvalue weighted by Crippen LogP contribution is 2.20. The second-order valence-electron chi connectivity index (χ2n) is 5.35. The van der Waals surface area contributed by atoms with Gasteiger partial charge in [0.05, 0.1) is 5.69 Å². The highest BCUT2D eigenvalue weighted by Gasteiger charge is 2.09. The van der Waals surface area contributed by atoms with E-state index in [9.17, 15) is 4.79 Å². The number of amides is 1. The largest absolute Gasteiger partial charge is 0.305 e. The van der Waals surface area contributed by atoms with Gasteiger partial charge in [-0.15, -0.1) is 0 Å². The van der Waals surface area contributed by atoms with Gasteiger partial charge in [-0.1, -0.05) is 47.5 Å². The van der Waals surface area contributed by atoms with Crippen LogP contribution in [0.3, 0.4) is 0 Å². The highest BCUT2D eigenvalue weighted by molar-refractivity contribution is 6.03. The lowest BCUT2D eigenvalue weighted by atomic mass is 10.1. The van der Waals surface area contributed by atoms with E-state index < -0.39 is 0 Å². The van der Waals surface area contributed by atoms with E-state index in [-0.39, 0.29) is 5.91 Å². The molecule has 3 rings (SSSR count). The van der Waals surface area contributed by atoms with Crippen LogP contribution in [0.1, 0.15) is 21.5 Å². The van der Waals surface area contributed by atoms with Crippen molar-refractivity contribution in [1.82, 2.24) is 10.2 Å². The molecule has 3 aromatic rings. The summed E-state index contributed by atoms with van der Waals surface area (Å²) in [5.74, 6) is 0.350. The quantitative estimate of drug-likeness (QED) is 0.767. The summed E-state index contributed by atoms with van der Waals surface area (Å²) in [6, 6.07) is 17.4. The first kappa shape index (κ1) is 14.1. The van der Waals surface area contributed by atoms with Crippen LogP contribution in [0.5, 0.6) is 0 Å². The van der Waals surface area contributed by atoms with Crippen LogP contribution < -0.4 is 5.32 Å². The first-order valence-corrected chi connectivity index (χ1v) is 7.12. The molecule has 4 nitrogen and oxygen atoms in total. The lowest BCUT2D eigenvalue weighted by Gasteiger charge is -2.01. The third-order valence-electron chi connectivity index (χ3n) is 3.50. The van der Waals surface area contributed by atoms with Gasteiger partial charge in [0.15, 0.2) is 5.82 Å². The van der Waals surface area contributed by atoms with Crippen LogP contribution in [-0.2, 0) is 0 Å². The number of carbonyl (C=O) groups is 1. The Morgan fingerprint density at radius 2 is 1.55 bits per heavy atom. The Balaban J connectivity index is 1.75. The molecule has 1 aromatic heterocycles. The minimum Gasteiger partial charge on any atom is -0.305 e. The molecule has 0 aliphatic carbocycles. The number of nitrogens with zero attached hydrogens (tertiary/aromatic N) is 1. The van der Waals surface area contributed by atoms with E-state index in [0.29, 0.717) is 11.4 Å². The fraction of sp³-hybridized carbons (Fsp3) is 0.111. The summed E-state index contributed by atoms with van der Waals surface area (Å²) in [7, 11) is 0. The molecule has 0 aliphatic rings. The molecule has 1 heterocycles. The van der Waals surface area contributed by atoms with Gasteiger partial charge in [-0.25, -0.2) is 0 Å². The van der Waals surface area contributed by atoms with E-state index in [2.05, 4.69) is 15.5 Å². The average molecular weight is 291 g/mol. The van der Waals surface area contributed by atoms with E-state index in [1.807, 2.05) is 56.3 Å². The fourth-order valence-corrected chi connectivity index (χ4v) is 2.16. The van der Waals surface area contributed by atoms with Crippen molar-refractivity contribution in [3.63, 3.8) is 0 Å². The maximum atomic E-state index is 12.2. The topological polar surface area (TPSA) is 57.8 Å². The van der Waals surface area contributed by atoms with Gasteiger partial charge in [0.1, 0.15) is 0 Å². The van der Waals surface area contributed by atoms with Crippen LogP contribution >= 0.6 is 0 Å². The molecule has 0 saturated heterocycles. The van der Waals surface area contributed by atoms with Crippen LogP contribution in [0.15, 0.2) is 54.6 Å². The van der Waals surface area contributed by atoms with Crippen LogP contribution in [0.2, 0.25) is 0 Å². The summed E-state index contributed by atoms with van der Waals surface area (Å²) in [5, 5.41) is 9.88. The molecule has 0 aliphatic heterocycles. The number of carbonyl (C=O) groups excluding carboxylic acids is 1. The Morgan fingerprint density at radius 3 is 2.18 bits per heavy atom. The molecule has 110 valence electrons. The van der Waals surface area contributed by atoms with Gasteiger partial charge < -0.3 is 5.32 Å². The summed E-state index contributed by atoms with van der Waals surface area (Å²) in [6.45, 7) is 4.03. The molecule has 0 saturated carbocycles. The molecular formula is C18H17N3O. The second-order valence-corrected chi connectivity index (χ2v) is 5.35. The van der Waals surface area contributed by atoms with Crippen molar-refractivity contribution < 1.29 is 4.79 Å². The predicted octanol–water partition coefficient (Wildman–Crippen LogP) is 3.95. The van der Waals surface area contributed by atoms with Crippen molar-refractivity contribution in [3.05, 3.63) is 71.3 Å². The number of aromatic amines is 1. The summed E-state index contributed by atoms with van der Waals surface area (Å²) in [5.41, 5.74) is 4.85. The predicted molar refractivity (Wildman–Crippen MR) is 87.9 cm³/mol. The van der Waals surface area contributed by atoms with Crippen LogP contribution in [-0.4, -0.2) is 16.1 Å². The van der Waals surface area contributed by atoms with E-state index in [4.69, 9.17) is 0 Å². The van der Waals surface area contributed by atoms with Gasteiger partial charge in [0, 0.05) is 11.6 Å². The lowest BCUT2D eigenvalue weighted by molar-refractivity contribution is 0.102. The van der Waals surface area contributed by atoms with Gasteiger partial charge in [-0.3, -0.25) is 9.89 Å². The van der Waals surface area contributed by atoms with Crippen LogP contribution in [0, 0.1) is 13.8 Å². The first-order chi connectivity index (χ1) is 10.6. The minimum absolute atomic E-state index is 0.165. The molecule has 0 bridgehead atoms. The average Bonchev–Trinajstić information content (AvgIpc) is 2.97. The standard InChI is InChI=1S/C18H17N3O/c1-12-3-7-14(8-4-12)16-11-17(21-20-16)19-18(22)15-9-5-13(2)6-10-15/h3-11H,1-2H3,(H2,19,20,21,22). The Hall–Kier alpha value is -2.88. The normalized spacial score (nSPS) is 10.5. The summed E-state index contributed by atoms with van der Waals surface area (Å²) >= 11 is 0. The molecule has 0 unspecified atom stereocenters. The number of aromatic nitrogens is 2. The SMILES string of the molecule is Cc1ccc(C(=O)Nc2cc(-c3ccc(C)cc3)[nH]n2)cc1. The fourth-order valence-electron chi connectivity index (χ4n) is 2.16. The molecule has 0 spiro atoms. The molecule has 4 heteroatoms. The number of hydrogen-bond acceptors (Lipinski definition) is 2. The smallest absolute Gasteiger partial charge is 0.256 e. The summed E-state index contributed by atoms with van der Waals surface area (Å²) in [6.07, 6.45) is 0. The lowest BCUT2D eigenvalue weighted by Crippen LogP contribution is -2.11. The Kier molecular flexibility index (Phi) is 3.74. The monoisotopic (exact) mass is 291 g/mol. The van der Waals surface area contributed by atoms with Gasteiger partial charge in [0.2, 0.25) is 0 Å². The maximum absolute atomic E-state index is 12.2. The molecule has 0 fully saturated rings. The van der Waals surface area contributed by atoms with Gasteiger partial charge in [-0.2, -0.15) is 5.10 Å². The molecule has 0 radical (unpaired) electrons. The van der Waals surface area contributed by atoms with Gasteiger partial charge in [0.25, 0.3) is 5.91 Å². The van der Waals surface area contributed by atoms with Crippen molar-refractivity contribution in [2.24, 2.45) is 0 Å². The zero-order chi connectivity index (χ0) is 15.5. The van der Waals surface area contributed by atoms with Crippen LogP contribution in [0.25, 0.3) is 11.3 Å². The van der Waals surface area contributed by atoms with Crippen molar-refractivity contribution in [1.29, 1.82) is 0 Å². The molecule has 1 amide bonds. The van der Waals surface area contributed by atoms with Gasteiger partial charge >= 0.3 is 0 Å². The Morgan fingerprint density at radius 1 is 0.955 bits per heavy atom. The minimum atomic E-state index is -0.165. The third-order valence-corrected chi connectivity index (χ3v) is 3.50. The zero-order valence-electron chi connectivity index (χ0n) is 12.6. The van der Waals surface area contributed by atoms with E-state index >= 15 is 0 Å². The van der Waals surface area contributed by atoms with Crippen molar-refractivity contribution >= 4 is 11.7 Å². The van der Waals surface area contributed by atoms with Crippen molar-refractivity contribution in [3.8, 4) is 11.3 Å². The van der Waals surface area contributed by atoms with E-state index in [0.717, 1.165) is 16.8 Å². The van der Waals surface area contributed by atoms with E-state index in [1.165, 1.54) is 5.56 Å². The second kappa shape index (κ2) is 5.85. The number of anilines is 1. The number of rotatable bonds is 3. The van der Waals surface area contributed by atoms with Crippen LogP contribution in [0.4, 0.5) is 5.82 Å². The maximum Gasteiger partial charge on any atom is 0.256 e. The van der Waals surface area contributed by atoms with Crippen molar-refractivity contribution in [2.75, 3.05) is 5.32 Å². The number of hydrogen-bond donors (Lipinski definition) is 2. The number of H-pyrrole nitrogens is 1. The molecule has 2 N–H and O–H groups in total. The third kappa shape index (κ3) is 3.06. The van der Waals surface area contributed by atoms with E-state index in [1.54, 1.807) is 12.1 Å². The first-order valence-electron chi connectivity index (χ1n) is 7.12. The Labute approximate surface area is 129 Å². The molecule has 22 heavy (non-hydrogen) atoms. The number of benzene rings is 2. The number of aryl methyl sites for hydroxylation is 2.